The van der Waals surface area contributed by atoms with Crippen LogP contribution in [0.4, 0.5) is 14.5 Å². The van der Waals surface area contributed by atoms with Gasteiger partial charge < -0.3 is 25.0 Å². The Kier molecular flexibility index (Phi) is 8.51. The Morgan fingerprint density at radius 2 is 1.83 bits per heavy atom. The molecule has 0 amide bonds. The molecule has 6 nitrogen and oxygen atoms in total. The van der Waals surface area contributed by atoms with Crippen molar-refractivity contribution in [2.24, 2.45) is 4.99 Å². The predicted octanol–water partition coefficient (Wildman–Crippen LogP) is 3.62. The molecule has 0 fully saturated rings. The predicted molar refractivity (Wildman–Crippen MR) is 112 cm³/mol. The number of aliphatic imine (C=N–C) groups is 1. The first-order chi connectivity index (χ1) is 13.9. The Hall–Kier alpha value is -3.03. The average molecular weight is 406 g/mol. The van der Waals surface area contributed by atoms with E-state index in [1.807, 2.05) is 37.2 Å². The van der Waals surface area contributed by atoms with Crippen LogP contribution in [0, 0.1) is 0 Å². The van der Waals surface area contributed by atoms with Crippen LogP contribution < -0.4 is 25.0 Å². The molecule has 8 heteroatoms. The van der Waals surface area contributed by atoms with Crippen molar-refractivity contribution in [2.45, 2.75) is 26.6 Å². The number of alkyl halides is 2. The molecule has 0 radical (unpaired) electrons. The van der Waals surface area contributed by atoms with Gasteiger partial charge in [0, 0.05) is 45.5 Å². The van der Waals surface area contributed by atoms with Gasteiger partial charge in [-0.25, -0.2) is 0 Å². The quantitative estimate of drug-likeness (QED) is 0.492. The number of nitrogens with one attached hydrogen (secondary N) is 2. The number of hydrogen-bond donors (Lipinski definition) is 2. The summed E-state index contributed by atoms with van der Waals surface area (Å²) in [5.41, 5.74) is 2.75. The van der Waals surface area contributed by atoms with Gasteiger partial charge in [-0.15, -0.1) is 0 Å². The van der Waals surface area contributed by atoms with Gasteiger partial charge in [0.2, 0.25) is 0 Å². The van der Waals surface area contributed by atoms with Crippen molar-refractivity contribution in [3.8, 4) is 11.5 Å². The smallest absolute Gasteiger partial charge is 0.387 e. The summed E-state index contributed by atoms with van der Waals surface area (Å²) in [6, 6.07) is 13.2. The van der Waals surface area contributed by atoms with E-state index in [4.69, 9.17) is 9.47 Å². The number of guanidine groups is 1. The van der Waals surface area contributed by atoms with E-state index in [9.17, 15) is 8.78 Å². The Bertz CT molecular complexity index is 813. The van der Waals surface area contributed by atoms with Gasteiger partial charge in [-0.2, -0.15) is 8.78 Å². The molecule has 2 rings (SSSR count). The van der Waals surface area contributed by atoms with Crippen molar-refractivity contribution >= 4 is 11.6 Å². The highest BCUT2D eigenvalue weighted by molar-refractivity contribution is 5.79. The van der Waals surface area contributed by atoms with Gasteiger partial charge >= 0.3 is 6.61 Å². The molecule has 0 bridgehead atoms. The topological polar surface area (TPSA) is 58.1 Å². The Balaban J connectivity index is 2.03. The second-order valence-electron chi connectivity index (χ2n) is 6.40. The number of benzene rings is 2. The molecule has 2 N–H and O–H groups in total. The molecule has 0 atom stereocenters. The first kappa shape index (κ1) is 22.3. The maximum atomic E-state index is 12.8. The van der Waals surface area contributed by atoms with Crippen LogP contribution in [0.1, 0.15) is 18.1 Å². The number of anilines is 1. The van der Waals surface area contributed by atoms with Gasteiger partial charge in [-0.3, -0.25) is 4.99 Å². The Morgan fingerprint density at radius 1 is 1.10 bits per heavy atom. The molecule has 0 heterocycles. The highest BCUT2D eigenvalue weighted by Gasteiger charge is 2.16. The molecule has 0 unspecified atom stereocenters. The van der Waals surface area contributed by atoms with Crippen molar-refractivity contribution in [2.75, 3.05) is 32.6 Å². The molecule has 0 aromatic heterocycles. The highest BCUT2D eigenvalue weighted by atomic mass is 19.3. The van der Waals surface area contributed by atoms with Gasteiger partial charge in [-0.05, 0) is 30.7 Å². The zero-order valence-corrected chi connectivity index (χ0v) is 17.2. The molecule has 0 saturated carbocycles. The van der Waals surface area contributed by atoms with Gasteiger partial charge in [0.05, 0.1) is 6.61 Å². The molecule has 2 aromatic carbocycles. The minimum Gasteiger partial charge on any atom is -0.490 e. The van der Waals surface area contributed by atoms with E-state index in [0.717, 1.165) is 11.3 Å². The molecular formula is C21H28F2N4O2. The zero-order valence-electron chi connectivity index (χ0n) is 17.2. The second-order valence-corrected chi connectivity index (χ2v) is 6.40. The summed E-state index contributed by atoms with van der Waals surface area (Å²) in [5.74, 6) is 0.867. The van der Waals surface area contributed by atoms with Crippen molar-refractivity contribution in [1.82, 2.24) is 10.6 Å². The molecule has 0 aliphatic heterocycles. The first-order valence-corrected chi connectivity index (χ1v) is 9.34. The van der Waals surface area contributed by atoms with Crippen LogP contribution in [-0.2, 0) is 13.1 Å². The number of para-hydroxylation sites is 1. The summed E-state index contributed by atoms with van der Waals surface area (Å²) in [7, 11) is 5.63. The normalized spacial score (nSPS) is 11.3. The van der Waals surface area contributed by atoms with Crippen LogP contribution in [-0.4, -0.2) is 40.3 Å². The fourth-order valence-electron chi connectivity index (χ4n) is 2.72. The van der Waals surface area contributed by atoms with E-state index in [1.54, 1.807) is 32.2 Å². The summed E-state index contributed by atoms with van der Waals surface area (Å²) < 4.78 is 35.8. The molecule has 0 aliphatic rings. The van der Waals surface area contributed by atoms with Crippen LogP contribution in [0.5, 0.6) is 11.5 Å². The summed E-state index contributed by atoms with van der Waals surface area (Å²) in [4.78, 5) is 6.22. The zero-order chi connectivity index (χ0) is 21.2. The summed E-state index contributed by atoms with van der Waals surface area (Å²) in [6.07, 6.45) is 0. The van der Waals surface area contributed by atoms with Crippen LogP contribution in [0.3, 0.4) is 0 Å². The van der Waals surface area contributed by atoms with Crippen molar-refractivity contribution in [1.29, 1.82) is 0 Å². The summed E-state index contributed by atoms with van der Waals surface area (Å²) in [5, 5.41) is 6.35. The summed E-state index contributed by atoms with van der Waals surface area (Å²) >= 11 is 0. The van der Waals surface area contributed by atoms with Crippen LogP contribution in [0.25, 0.3) is 0 Å². The van der Waals surface area contributed by atoms with Gasteiger partial charge in [0.25, 0.3) is 0 Å². The lowest BCUT2D eigenvalue weighted by Gasteiger charge is -2.17. The van der Waals surface area contributed by atoms with Crippen LogP contribution >= 0.6 is 0 Å². The van der Waals surface area contributed by atoms with E-state index in [2.05, 4.69) is 21.7 Å². The number of hydrogen-bond acceptors (Lipinski definition) is 4. The summed E-state index contributed by atoms with van der Waals surface area (Å²) in [6.45, 7) is 0.0257. The lowest BCUT2D eigenvalue weighted by atomic mass is 10.2. The van der Waals surface area contributed by atoms with E-state index < -0.39 is 6.61 Å². The van der Waals surface area contributed by atoms with E-state index >= 15 is 0 Å². The fraction of sp³-hybridized carbons (Fsp3) is 0.381. The molecule has 0 aliphatic carbocycles. The van der Waals surface area contributed by atoms with Crippen molar-refractivity contribution < 1.29 is 18.3 Å². The van der Waals surface area contributed by atoms with Crippen LogP contribution in [0.2, 0.25) is 0 Å². The van der Waals surface area contributed by atoms with Gasteiger partial charge in [0.1, 0.15) is 0 Å². The number of nitrogens with zero attached hydrogens (tertiary/aromatic N) is 2. The van der Waals surface area contributed by atoms with E-state index in [0.29, 0.717) is 24.7 Å². The Labute approximate surface area is 170 Å². The maximum absolute atomic E-state index is 12.8. The standard InChI is InChI=1S/C21H28F2N4O2/c1-5-28-18-11-7-9-16(19(18)29-20(22)23)14-26-21(24-2)25-13-15-8-6-10-17(12-15)27(3)4/h6-12,20H,5,13-14H2,1-4H3,(H2,24,25,26). The molecule has 29 heavy (non-hydrogen) atoms. The largest absolute Gasteiger partial charge is 0.490 e. The van der Waals surface area contributed by atoms with Crippen molar-refractivity contribution in [3.05, 3.63) is 53.6 Å². The number of rotatable bonds is 9. The monoisotopic (exact) mass is 406 g/mol. The lowest BCUT2D eigenvalue weighted by molar-refractivity contribution is -0.0520. The van der Waals surface area contributed by atoms with Crippen LogP contribution in [0.15, 0.2) is 47.5 Å². The highest BCUT2D eigenvalue weighted by Crippen LogP contribution is 2.32. The third-order valence-electron chi connectivity index (χ3n) is 4.12. The first-order valence-electron chi connectivity index (χ1n) is 9.34. The SMILES string of the molecule is CCOc1cccc(CNC(=NC)NCc2cccc(N(C)C)c2)c1OC(F)F. The number of ether oxygens (including phenoxy) is 2. The number of halogens is 2. The van der Waals surface area contributed by atoms with Gasteiger partial charge in [-0.1, -0.05) is 24.3 Å². The van der Waals surface area contributed by atoms with E-state index in [1.165, 1.54) is 0 Å². The molecule has 0 saturated heterocycles. The molecule has 158 valence electrons. The maximum Gasteiger partial charge on any atom is 0.387 e. The van der Waals surface area contributed by atoms with Crippen molar-refractivity contribution in [3.63, 3.8) is 0 Å². The average Bonchev–Trinajstić information content (AvgIpc) is 2.70. The molecular weight excluding hydrogens is 378 g/mol. The molecule has 2 aromatic rings. The second kappa shape index (κ2) is 11.1. The minimum absolute atomic E-state index is 0.0333. The fourth-order valence-corrected chi connectivity index (χ4v) is 2.72. The third kappa shape index (κ3) is 6.81. The Morgan fingerprint density at radius 3 is 2.48 bits per heavy atom. The molecule has 0 spiro atoms. The minimum atomic E-state index is -2.93. The van der Waals surface area contributed by atoms with E-state index in [-0.39, 0.29) is 18.0 Å². The third-order valence-corrected chi connectivity index (χ3v) is 4.12. The lowest BCUT2D eigenvalue weighted by Crippen LogP contribution is -2.36. The van der Waals surface area contributed by atoms with Gasteiger partial charge in [0.15, 0.2) is 17.5 Å².